The normalized spacial score (nSPS) is 9.44. The lowest BCUT2D eigenvalue weighted by Crippen LogP contribution is -2.33. The van der Waals surface area contributed by atoms with Crippen molar-refractivity contribution < 1.29 is 4.79 Å². The number of hydrogen-bond acceptors (Lipinski definition) is 3. The van der Waals surface area contributed by atoms with Gasteiger partial charge in [0.15, 0.2) is 0 Å². The Balaban J connectivity index is 2.66. The van der Waals surface area contributed by atoms with E-state index in [9.17, 15) is 4.79 Å². The monoisotopic (exact) mass is 130 g/mol. The quantitative estimate of drug-likeness (QED) is 0.304. The van der Waals surface area contributed by atoms with Gasteiger partial charge in [-0.05, 0) is 6.42 Å². The molecule has 0 aromatic carbocycles. The van der Waals surface area contributed by atoms with E-state index in [-0.39, 0.29) is 0 Å². The minimum atomic E-state index is 0.393. The van der Waals surface area contributed by atoms with Crippen LogP contribution in [0.4, 0.5) is 0 Å². The number of rotatable bonds is 6. The fourth-order valence-corrected chi connectivity index (χ4v) is 0.467. The van der Waals surface area contributed by atoms with Crippen LogP contribution in [0.1, 0.15) is 19.8 Å². The highest BCUT2D eigenvalue weighted by molar-refractivity contribution is 5.51. The molecule has 0 atom stereocenters. The van der Waals surface area contributed by atoms with Crippen molar-refractivity contribution >= 4 is 6.29 Å². The highest BCUT2D eigenvalue weighted by Gasteiger charge is 1.81. The first-order valence-electron chi connectivity index (χ1n) is 3.31. The van der Waals surface area contributed by atoms with Crippen LogP contribution in [-0.4, -0.2) is 19.4 Å². The zero-order valence-electron chi connectivity index (χ0n) is 5.81. The minimum absolute atomic E-state index is 0.393. The molecule has 0 aromatic rings. The fourth-order valence-electron chi connectivity index (χ4n) is 0.467. The van der Waals surface area contributed by atoms with Gasteiger partial charge in [0.25, 0.3) is 0 Å². The van der Waals surface area contributed by atoms with Gasteiger partial charge in [0.05, 0.1) is 6.54 Å². The highest BCUT2D eigenvalue weighted by Crippen LogP contribution is 1.79. The van der Waals surface area contributed by atoms with E-state index in [1.807, 2.05) is 0 Å². The summed E-state index contributed by atoms with van der Waals surface area (Å²) in [5.74, 6) is 0. The Hall–Kier alpha value is -0.410. The van der Waals surface area contributed by atoms with Crippen molar-refractivity contribution in [2.45, 2.75) is 19.8 Å². The average molecular weight is 130 g/mol. The first-order chi connectivity index (χ1) is 4.41. The molecule has 3 heteroatoms. The van der Waals surface area contributed by atoms with Gasteiger partial charge in [-0.25, -0.2) is 0 Å². The van der Waals surface area contributed by atoms with Gasteiger partial charge in [0.2, 0.25) is 0 Å². The molecule has 0 aliphatic rings. The predicted octanol–water partition coefficient (Wildman–Crippen LogP) is 0.0796. The maximum absolute atomic E-state index is 9.74. The van der Waals surface area contributed by atoms with Crippen LogP contribution in [0, 0.1) is 0 Å². The van der Waals surface area contributed by atoms with E-state index in [1.54, 1.807) is 0 Å². The summed E-state index contributed by atoms with van der Waals surface area (Å²) in [6.07, 6.45) is 3.15. The second-order valence-electron chi connectivity index (χ2n) is 1.83. The molecule has 0 bridgehead atoms. The number of nitrogens with one attached hydrogen (secondary N) is 2. The number of carbonyl (C=O) groups is 1. The maximum atomic E-state index is 9.74. The molecule has 0 aliphatic carbocycles. The highest BCUT2D eigenvalue weighted by atomic mass is 16.1. The molecule has 0 spiro atoms. The van der Waals surface area contributed by atoms with Gasteiger partial charge in [0.1, 0.15) is 6.29 Å². The maximum Gasteiger partial charge on any atom is 0.135 e. The van der Waals surface area contributed by atoms with E-state index >= 15 is 0 Å². The zero-order valence-corrected chi connectivity index (χ0v) is 5.81. The molecule has 0 radical (unpaired) electrons. The Morgan fingerprint density at radius 3 is 2.78 bits per heavy atom. The molecule has 0 unspecified atom stereocenters. The molecule has 0 aromatic heterocycles. The lowest BCUT2D eigenvalue weighted by molar-refractivity contribution is -0.107. The number of carbonyl (C=O) groups excluding carboxylic acids is 1. The van der Waals surface area contributed by atoms with Crippen LogP contribution in [0.3, 0.4) is 0 Å². The van der Waals surface area contributed by atoms with Gasteiger partial charge < -0.3 is 4.79 Å². The van der Waals surface area contributed by atoms with E-state index < -0.39 is 0 Å². The van der Waals surface area contributed by atoms with E-state index in [2.05, 4.69) is 17.8 Å². The van der Waals surface area contributed by atoms with Crippen LogP contribution in [0.5, 0.6) is 0 Å². The van der Waals surface area contributed by atoms with Crippen molar-refractivity contribution in [2.24, 2.45) is 0 Å². The number of aldehydes is 1. The molecule has 0 amide bonds. The Morgan fingerprint density at radius 1 is 1.44 bits per heavy atom. The molecule has 3 nitrogen and oxygen atoms in total. The minimum Gasteiger partial charge on any atom is -0.302 e. The SMILES string of the molecule is CCCCNNCC=O. The van der Waals surface area contributed by atoms with Crippen LogP contribution in [-0.2, 0) is 4.79 Å². The summed E-state index contributed by atoms with van der Waals surface area (Å²) in [6, 6.07) is 0. The molecule has 0 heterocycles. The van der Waals surface area contributed by atoms with Crippen molar-refractivity contribution in [2.75, 3.05) is 13.1 Å². The number of hydrogen-bond donors (Lipinski definition) is 2. The first-order valence-corrected chi connectivity index (χ1v) is 3.31. The molecule has 2 N–H and O–H groups in total. The smallest absolute Gasteiger partial charge is 0.135 e. The summed E-state index contributed by atoms with van der Waals surface area (Å²) in [5.41, 5.74) is 5.66. The average Bonchev–Trinajstić information content (AvgIpc) is 1.89. The Morgan fingerprint density at radius 2 is 2.22 bits per heavy atom. The third-order valence-corrected chi connectivity index (χ3v) is 0.966. The van der Waals surface area contributed by atoms with Crippen molar-refractivity contribution in [3.8, 4) is 0 Å². The Bertz CT molecular complexity index is 66.1. The topological polar surface area (TPSA) is 41.1 Å². The van der Waals surface area contributed by atoms with Gasteiger partial charge in [-0.15, -0.1) is 0 Å². The van der Waals surface area contributed by atoms with E-state index in [4.69, 9.17) is 0 Å². The van der Waals surface area contributed by atoms with Crippen LogP contribution >= 0.6 is 0 Å². The molecule has 0 saturated heterocycles. The molecule has 9 heavy (non-hydrogen) atoms. The van der Waals surface area contributed by atoms with Gasteiger partial charge >= 0.3 is 0 Å². The van der Waals surface area contributed by atoms with Gasteiger partial charge in [-0.3, -0.25) is 10.9 Å². The van der Waals surface area contributed by atoms with Gasteiger partial charge in [-0.1, -0.05) is 13.3 Å². The largest absolute Gasteiger partial charge is 0.302 e. The summed E-state index contributed by atoms with van der Waals surface area (Å²) in [6.45, 7) is 3.45. The fraction of sp³-hybridized carbons (Fsp3) is 0.833. The molecular formula is C6H14N2O. The molecule has 0 saturated carbocycles. The van der Waals surface area contributed by atoms with Crippen LogP contribution in [0.2, 0.25) is 0 Å². The third-order valence-electron chi connectivity index (χ3n) is 0.966. The third kappa shape index (κ3) is 7.59. The molecule has 0 rings (SSSR count). The van der Waals surface area contributed by atoms with Crippen molar-refractivity contribution in [3.63, 3.8) is 0 Å². The van der Waals surface area contributed by atoms with Gasteiger partial charge in [0, 0.05) is 6.54 Å². The first kappa shape index (κ1) is 8.59. The van der Waals surface area contributed by atoms with Crippen molar-refractivity contribution in [1.82, 2.24) is 10.9 Å². The summed E-state index contributed by atoms with van der Waals surface area (Å²) in [5, 5.41) is 0. The number of unbranched alkanes of at least 4 members (excludes halogenated alkanes) is 1. The van der Waals surface area contributed by atoms with Crippen molar-refractivity contribution in [1.29, 1.82) is 0 Å². The van der Waals surface area contributed by atoms with Crippen LogP contribution in [0.25, 0.3) is 0 Å². The summed E-state index contributed by atoms with van der Waals surface area (Å²) in [4.78, 5) is 9.74. The Kier molecular flexibility index (Phi) is 7.24. The summed E-state index contributed by atoms with van der Waals surface area (Å²) >= 11 is 0. The Labute approximate surface area is 55.8 Å². The zero-order chi connectivity index (χ0) is 6.95. The second-order valence-corrected chi connectivity index (χ2v) is 1.83. The number of hydrazine groups is 1. The molecule has 0 fully saturated rings. The molecular weight excluding hydrogens is 116 g/mol. The lowest BCUT2D eigenvalue weighted by Gasteiger charge is -2.00. The lowest BCUT2D eigenvalue weighted by atomic mass is 10.3. The standard InChI is InChI=1S/C6H14N2O/c1-2-3-4-7-8-5-6-9/h6-8H,2-5H2,1H3. The molecule has 54 valence electrons. The van der Waals surface area contributed by atoms with E-state index in [0.717, 1.165) is 19.3 Å². The molecule has 0 aliphatic heterocycles. The van der Waals surface area contributed by atoms with Crippen LogP contribution in [0.15, 0.2) is 0 Å². The summed E-state index contributed by atoms with van der Waals surface area (Å²) < 4.78 is 0. The van der Waals surface area contributed by atoms with Crippen molar-refractivity contribution in [3.05, 3.63) is 0 Å². The summed E-state index contributed by atoms with van der Waals surface area (Å²) in [7, 11) is 0. The second kappa shape index (κ2) is 7.59. The van der Waals surface area contributed by atoms with E-state index in [1.165, 1.54) is 6.42 Å². The van der Waals surface area contributed by atoms with Crippen LogP contribution < -0.4 is 10.9 Å². The predicted molar refractivity (Wildman–Crippen MR) is 37.0 cm³/mol. The van der Waals surface area contributed by atoms with Gasteiger partial charge in [-0.2, -0.15) is 0 Å². The van der Waals surface area contributed by atoms with E-state index in [0.29, 0.717) is 6.54 Å².